The predicted molar refractivity (Wildman–Crippen MR) is 77.5 cm³/mol. The predicted octanol–water partition coefficient (Wildman–Crippen LogP) is 3.93. The molecule has 4 heteroatoms. The summed E-state index contributed by atoms with van der Waals surface area (Å²) in [4.78, 5) is 11.5. The van der Waals surface area contributed by atoms with Gasteiger partial charge in [0, 0.05) is 4.47 Å². The van der Waals surface area contributed by atoms with Gasteiger partial charge in [-0.2, -0.15) is 0 Å². The molecule has 3 nitrogen and oxygen atoms in total. The fraction of sp³-hybridized carbons (Fsp3) is 0.533. The Balaban J connectivity index is 2.17. The standard InChI is InChI=1S/C15H19BrO3/c1-10-7-12(8-11(2)14(10)16)19-15(5-4-6-15)9-13(17)18-3/h7-8H,4-6,9H2,1-3H3. The Morgan fingerprint density at radius 2 is 1.89 bits per heavy atom. The molecule has 19 heavy (non-hydrogen) atoms. The van der Waals surface area contributed by atoms with E-state index in [0.717, 1.165) is 40.6 Å². The summed E-state index contributed by atoms with van der Waals surface area (Å²) in [7, 11) is 1.42. The quantitative estimate of drug-likeness (QED) is 0.786. The molecular formula is C15H19BrO3. The summed E-state index contributed by atoms with van der Waals surface area (Å²) in [6.07, 6.45) is 3.26. The topological polar surface area (TPSA) is 35.5 Å². The number of carbonyl (C=O) groups is 1. The van der Waals surface area contributed by atoms with Gasteiger partial charge in [-0.15, -0.1) is 0 Å². The number of rotatable bonds is 4. The maximum atomic E-state index is 11.5. The van der Waals surface area contributed by atoms with Crippen LogP contribution in [-0.2, 0) is 9.53 Å². The zero-order valence-electron chi connectivity index (χ0n) is 11.6. The lowest BCUT2D eigenvalue weighted by Gasteiger charge is -2.41. The van der Waals surface area contributed by atoms with E-state index in [2.05, 4.69) is 15.9 Å². The van der Waals surface area contributed by atoms with Crippen molar-refractivity contribution in [1.82, 2.24) is 0 Å². The van der Waals surface area contributed by atoms with Crippen molar-refractivity contribution in [2.24, 2.45) is 0 Å². The second-order valence-electron chi connectivity index (χ2n) is 5.26. The molecular weight excluding hydrogens is 308 g/mol. The lowest BCUT2D eigenvalue weighted by Crippen LogP contribution is -2.45. The SMILES string of the molecule is COC(=O)CC1(Oc2cc(C)c(Br)c(C)c2)CCC1. The van der Waals surface area contributed by atoms with Crippen LogP contribution in [0.2, 0.25) is 0 Å². The largest absolute Gasteiger partial charge is 0.487 e. The number of benzene rings is 1. The van der Waals surface area contributed by atoms with Crippen LogP contribution in [0.1, 0.15) is 36.8 Å². The second kappa shape index (κ2) is 5.53. The van der Waals surface area contributed by atoms with Crippen LogP contribution in [0.3, 0.4) is 0 Å². The molecule has 1 aromatic rings. The molecule has 0 atom stereocenters. The Labute approximate surface area is 122 Å². The van der Waals surface area contributed by atoms with E-state index in [-0.39, 0.29) is 11.6 Å². The third kappa shape index (κ3) is 3.11. The molecule has 0 amide bonds. The summed E-state index contributed by atoms with van der Waals surface area (Å²) in [5.41, 5.74) is 1.92. The molecule has 1 aromatic carbocycles. The third-order valence-corrected chi connectivity index (χ3v) is 4.95. The van der Waals surface area contributed by atoms with E-state index in [9.17, 15) is 4.79 Å². The summed E-state index contributed by atoms with van der Waals surface area (Å²) >= 11 is 3.55. The zero-order chi connectivity index (χ0) is 14.0. The fourth-order valence-electron chi connectivity index (χ4n) is 2.44. The third-order valence-electron chi connectivity index (χ3n) is 3.70. The molecule has 0 heterocycles. The Hall–Kier alpha value is -1.03. The number of esters is 1. The number of ether oxygens (including phenoxy) is 2. The van der Waals surface area contributed by atoms with Crippen molar-refractivity contribution in [2.75, 3.05) is 7.11 Å². The highest BCUT2D eigenvalue weighted by molar-refractivity contribution is 9.10. The minimum atomic E-state index is -0.361. The molecule has 104 valence electrons. The molecule has 0 spiro atoms. The Morgan fingerprint density at radius 1 is 1.32 bits per heavy atom. The summed E-state index contributed by atoms with van der Waals surface area (Å²) in [6, 6.07) is 4.02. The number of carbonyl (C=O) groups excluding carboxylic acids is 1. The van der Waals surface area contributed by atoms with Gasteiger partial charge in [0.15, 0.2) is 0 Å². The first-order chi connectivity index (χ1) is 8.96. The van der Waals surface area contributed by atoms with Crippen molar-refractivity contribution in [1.29, 1.82) is 0 Å². The highest BCUT2D eigenvalue weighted by atomic mass is 79.9. The van der Waals surface area contributed by atoms with E-state index >= 15 is 0 Å². The van der Waals surface area contributed by atoms with Gasteiger partial charge in [0.05, 0.1) is 13.5 Å². The van der Waals surface area contributed by atoms with Crippen molar-refractivity contribution in [3.63, 3.8) is 0 Å². The van der Waals surface area contributed by atoms with Gasteiger partial charge in [0.2, 0.25) is 0 Å². The van der Waals surface area contributed by atoms with Gasteiger partial charge < -0.3 is 9.47 Å². The van der Waals surface area contributed by atoms with Crippen LogP contribution in [-0.4, -0.2) is 18.7 Å². The summed E-state index contributed by atoms with van der Waals surface area (Å²) < 4.78 is 12.0. The monoisotopic (exact) mass is 326 g/mol. The van der Waals surface area contributed by atoms with Gasteiger partial charge in [-0.3, -0.25) is 4.79 Å². The van der Waals surface area contributed by atoms with Crippen LogP contribution < -0.4 is 4.74 Å². The lowest BCUT2D eigenvalue weighted by molar-refractivity contribution is -0.148. The van der Waals surface area contributed by atoms with Crippen LogP contribution in [0, 0.1) is 13.8 Å². The van der Waals surface area contributed by atoms with Crippen LogP contribution in [0.5, 0.6) is 5.75 Å². The fourth-order valence-corrected chi connectivity index (χ4v) is 2.67. The molecule has 0 aliphatic heterocycles. The average Bonchev–Trinajstić information content (AvgIpc) is 2.32. The highest BCUT2D eigenvalue weighted by Gasteiger charge is 2.42. The van der Waals surface area contributed by atoms with Crippen LogP contribution in [0.4, 0.5) is 0 Å². The molecule has 1 aliphatic rings. The van der Waals surface area contributed by atoms with Gasteiger partial charge in [-0.05, 0) is 56.4 Å². The Kier molecular flexibility index (Phi) is 4.19. The van der Waals surface area contributed by atoms with E-state index < -0.39 is 0 Å². The van der Waals surface area contributed by atoms with Gasteiger partial charge in [0.1, 0.15) is 11.4 Å². The molecule has 2 rings (SSSR count). The van der Waals surface area contributed by atoms with E-state index in [1.54, 1.807) is 0 Å². The van der Waals surface area contributed by atoms with Crippen molar-refractivity contribution in [3.8, 4) is 5.75 Å². The first-order valence-corrected chi connectivity index (χ1v) is 7.28. The number of aryl methyl sites for hydroxylation is 2. The van der Waals surface area contributed by atoms with Crippen LogP contribution in [0.15, 0.2) is 16.6 Å². The summed E-state index contributed by atoms with van der Waals surface area (Å²) in [5.74, 6) is 0.632. The normalized spacial score (nSPS) is 16.6. The molecule has 0 unspecified atom stereocenters. The van der Waals surface area contributed by atoms with E-state index in [1.165, 1.54) is 7.11 Å². The molecule has 0 N–H and O–H groups in total. The first-order valence-electron chi connectivity index (χ1n) is 6.48. The molecule has 1 saturated carbocycles. The Morgan fingerprint density at radius 3 is 2.32 bits per heavy atom. The molecule has 0 saturated heterocycles. The number of methoxy groups -OCH3 is 1. The van der Waals surface area contributed by atoms with E-state index in [4.69, 9.17) is 9.47 Å². The number of hydrogen-bond acceptors (Lipinski definition) is 3. The van der Waals surface area contributed by atoms with Gasteiger partial charge in [-0.1, -0.05) is 15.9 Å². The molecule has 1 fully saturated rings. The molecule has 0 bridgehead atoms. The maximum Gasteiger partial charge on any atom is 0.309 e. The zero-order valence-corrected chi connectivity index (χ0v) is 13.2. The van der Waals surface area contributed by atoms with Crippen molar-refractivity contribution in [3.05, 3.63) is 27.7 Å². The first kappa shape index (κ1) is 14.4. The highest BCUT2D eigenvalue weighted by Crippen LogP contribution is 2.40. The number of halogens is 1. The molecule has 1 aliphatic carbocycles. The Bertz CT molecular complexity index is 469. The minimum absolute atomic E-state index is 0.203. The summed E-state index contributed by atoms with van der Waals surface area (Å²) in [6.45, 7) is 4.08. The van der Waals surface area contributed by atoms with Gasteiger partial charge in [0.25, 0.3) is 0 Å². The van der Waals surface area contributed by atoms with Crippen LogP contribution in [0.25, 0.3) is 0 Å². The lowest BCUT2D eigenvalue weighted by atomic mass is 9.77. The average molecular weight is 327 g/mol. The van der Waals surface area contributed by atoms with E-state index in [1.807, 2.05) is 26.0 Å². The number of hydrogen-bond donors (Lipinski definition) is 0. The molecule has 0 radical (unpaired) electrons. The van der Waals surface area contributed by atoms with Gasteiger partial charge >= 0.3 is 5.97 Å². The smallest absolute Gasteiger partial charge is 0.309 e. The van der Waals surface area contributed by atoms with Crippen LogP contribution >= 0.6 is 15.9 Å². The minimum Gasteiger partial charge on any atom is -0.487 e. The maximum absolute atomic E-state index is 11.5. The molecule has 0 aromatic heterocycles. The van der Waals surface area contributed by atoms with Gasteiger partial charge in [-0.25, -0.2) is 0 Å². The van der Waals surface area contributed by atoms with Crippen molar-refractivity contribution in [2.45, 2.75) is 45.1 Å². The van der Waals surface area contributed by atoms with E-state index in [0.29, 0.717) is 6.42 Å². The van der Waals surface area contributed by atoms with Crippen molar-refractivity contribution >= 4 is 21.9 Å². The van der Waals surface area contributed by atoms with Crippen molar-refractivity contribution < 1.29 is 14.3 Å². The second-order valence-corrected chi connectivity index (χ2v) is 6.06. The summed E-state index contributed by atoms with van der Waals surface area (Å²) in [5, 5.41) is 0.